The molecule has 1 aliphatic rings. The summed E-state index contributed by atoms with van der Waals surface area (Å²) in [5.74, 6) is 2.00. The average Bonchev–Trinajstić information content (AvgIpc) is 2.81. The Morgan fingerprint density at radius 2 is 1.97 bits per heavy atom. The van der Waals surface area contributed by atoms with Crippen molar-refractivity contribution in [2.45, 2.75) is 33.2 Å². The summed E-state index contributed by atoms with van der Waals surface area (Å²) in [5, 5.41) is 0.841. The fourth-order valence-corrected chi connectivity index (χ4v) is 4.02. The third kappa shape index (κ3) is 4.28. The highest BCUT2D eigenvalue weighted by molar-refractivity contribution is 5.83. The van der Waals surface area contributed by atoms with Gasteiger partial charge in [-0.1, -0.05) is 12.1 Å². The van der Waals surface area contributed by atoms with E-state index in [9.17, 15) is 9.59 Å². The van der Waals surface area contributed by atoms with E-state index in [0.717, 1.165) is 16.5 Å². The molecular weight excluding hydrogens is 410 g/mol. The van der Waals surface area contributed by atoms with Crippen LogP contribution in [0.15, 0.2) is 45.6 Å². The minimum absolute atomic E-state index is 0.0320. The fraction of sp³-hybridized carbons (Fsp3) is 0.360. The van der Waals surface area contributed by atoms with Gasteiger partial charge >= 0.3 is 5.63 Å². The minimum atomic E-state index is -0.415. The molecule has 7 nitrogen and oxygen atoms in total. The molecular formula is C25H27NO6. The molecule has 1 amide bonds. The zero-order valence-corrected chi connectivity index (χ0v) is 18.6. The van der Waals surface area contributed by atoms with Gasteiger partial charge in [-0.25, -0.2) is 4.79 Å². The molecule has 32 heavy (non-hydrogen) atoms. The van der Waals surface area contributed by atoms with Gasteiger partial charge in [0.1, 0.15) is 24.5 Å². The second-order valence-electron chi connectivity index (χ2n) is 7.70. The molecule has 1 aromatic heterocycles. The predicted molar refractivity (Wildman–Crippen MR) is 121 cm³/mol. The van der Waals surface area contributed by atoms with Gasteiger partial charge in [0.15, 0.2) is 11.5 Å². The second-order valence-corrected chi connectivity index (χ2v) is 7.70. The van der Waals surface area contributed by atoms with Crippen LogP contribution in [0.2, 0.25) is 0 Å². The fourth-order valence-electron chi connectivity index (χ4n) is 4.02. The first-order valence-corrected chi connectivity index (χ1v) is 10.8. The maximum atomic E-state index is 13.0. The van der Waals surface area contributed by atoms with Crippen molar-refractivity contribution in [3.63, 3.8) is 0 Å². The molecule has 0 saturated carbocycles. The lowest BCUT2D eigenvalue weighted by molar-refractivity contribution is -0.131. The summed E-state index contributed by atoms with van der Waals surface area (Å²) in [5.41, 5.74) is 2.33. The predicted octanol–water partition coefficient (Wildman–Crippen LogP) is 3.86. The minimum Gasteiger partial charge on any atom is -0.497 e. The molecule has 0 bridgehead atoms. The first kappa shape index (κ1) is 21.7. The van der Waals surface area contributed by atoms with E-state index in [0.29, 0.717) is 61.1 Å². The monoisotopic (exact) mass is 437 g/mol. The van der Waals surface area contributed by atoms with E-state index in [1.165, 1.54) is 0 Å². The van der Waals surface area contributed by atoms with Gasteiger partial charge in [-0.2, -0.15) is 0 Å². The summed E-state index contributed by atoms with van der Waals surface area (Å²) >= 11 is 0. The van der Waals surface area contributed by atoms with E-state index in [1.54, 1.807) is 18.1 Å². The molecule has 168 valence electrons. The summed E-state index contributed by atoms with van der Waals surface area (Å²) in [6.45, 7) is 5.81. The molecule has 0 atom stereocenters. The number of methoxy groups -OCH3 is 1. The lowest BCUT2D eigenvalue weighted by Crippen LogP contribution is -2.31. The van der Waals surface area contributed by atoms with Gasteiger partial charge in [-0.3, -0.25) is 4.79 Å². The molecule has 0 unspecified atom stereocenters. The first-order chi connectivity index (χ1) is 15.5. The molecule has 1 aliphatic heterocycles. The number of rotatable bonds is 7. The molecule has 0 fully saturated rings. The van der Waals surface area contributed by atoms with E-state index in [1.807, 2.05) is 44.2 Å². The molecule has 0 aliphatic carbocycles. The Morgan fingerprint density at radius 3 is 2.75 bits per heavy atom. The van der Waals surface area contributed by atoms with Gasteiger partial charge in [0, 0.05) is 42.1 Å². The molecule has 0 N–H and O–H groups in total. The Morgan fingerprint density at radius 1 is 1.16 bits per heavy atom. The van der Waals surface area contributed by atoms with Crippen LogP contribution in [0.3, 0.4) is 0 Å². The normalized spacial score (nSPS) is 12.6. The largest absolute Gasteiger partial charge is 0.497 e. The van der Waals surface area contributed by atoms with Crippen molar-refractivity contribution in [3.8, 4) is 17.2 Å². The number of carbonyl (C=O) groups excluding carboxylic acids is 1. The third-order valence-electron chi connectivity index (χ3n) is 5.83. The van der Waals surface area contributed by atoms with Crippen LogP contribution >= 0.6 is 0 Å². The van der Waals surface area contributed by atoms with Crippen molar-refractivity contribution in [1.82, 2.24) is 4.90 Å². The van der Waals surface area contributed by atoms with E-state index in [4.69, 9.17) is 18.6 Å². The van der Waals surface area contributed by atoms with Crippen molar-refractivity contribution in [3.05, 3.63) is 63.5 Å². The number of aryl methyl sites for hydroxylation is 1. The molecule has 4 rings (SSSR count). The number of para-hydroxylation sites is 1. The van der Waals surface area contributed by atoms with E-state index in [-0.39, 0.29) is 12.3 Å². The van der Waals surface area contributed by atoms with Crippen molar-refractivity contribution in [1.29, 1.82) is 0 Å². The lowest BCUT2D eigenvalue weighted by Gasteiger charge is -2.25. The smallest absolute Gasteiger partial charge is 0.339 e. The number of ether oxygens (including phenoxy) is 3. The van der Waals surface area contributed by atoms with E-state index in [2.05, 4.69) is 0 Å². The number of benzene rings is 2. The van der Waals surface area contributed by atoms with E-state index < -0.39 is 5.63 Å². The van der Waals surface area contributed by atoms with Gasteiger partial charge in [0.2, 0.25) is 5.91 Å². The van der Waals surface area contributed by atoms with Gasteiger partial charge in [-0.15, -0.1) is 0 Å². The molecule has 0 saturated heterocycles. The Labute approximate surface area is 186 Å². The first-order valence-electron chi connectivity index (χ1n) is 10.8. The summed E-state index contributed by atoms with van der Waals surface area (Å²) < 4.78 is 22.1. The Balaban J connectivity index is 1.50. The van der Waals surface area contributed by atoms with Gasteiger partial charge in [-0.05, 0) is 44.0 Å². The van der Waals surface area contributed by atoms with Gasteiger partial charge in [0.05, 0.1) is 7.11 Å². The average molecular weight is 437 g/mol. The van der Waals surface area contributed by atoms with Crippen LogP contribution in [0, 0.1) is 6.92 Å². The molecule has 3 aromatic rings. The standard InChI is InChI=1S/C25H27NO6/c1-4-26(15-17-6-5-7-21-24(17)31-13-12-30-21)23(27)11-10-20-16(2)19-9-8-18(29-3)14-22(19)32-25(20)28/h5-9,14H,4,10-13,15H2,1-3H3. The second kappa shape index (κ2) is 9.34. The topological polar surface area (TPSA) is 78.2 Å². The van der Waals surface area contributed by atoms with Crippen LogP contribution in [0.5, 0.6) is 17.2 Å². The summed E-state index contributed by atoms with van der Waals surface area (Å²) in [6, 6.07) is 11.1. The van der Waals surface area contributed by atoms with Crippen LogP contribution in [0.4, 0.5) is 0 Å². The number of amides is 1. The molecule has 2 aromatic carbocycles. The van der Waals surface area contributed by atoms with Crippen molar-refractivity contribution in [2.24, 2.45) is 0 Å². The maximum Gasteiger partial charge on any atom is 0.339 e. The number of hydrogen-bond acceptors (Lipinski definition) is 6. The maximum absolute atomic E-state index is 13.0. The number of fused-ring (bicyclic) bond motifs is 2. The Bertz CT molecular complexity index is 1200. The van der Waals surface area contributed by atoms with E-state index >= 15 is 0 Å². The lowest BCUT2D eigenvalue weighted by atomic mass is 10.0. The molecule has 7 heteroatoms. The van der Waals surface area contributed by atoms with Gasteiger partial charge in [0.25, 0.3) is 0 Å². The zero-order valence-electron chi connectivity index (χ0n) is 18.6. The molecule has 0 spiro atoms. The van der Waals surface area contributed by atoms with Crippen molar-refractivity contribution in [2.75, 3.05) is 26.9 Å². The number of carbonyl (C=O) groups is 1. The van der Waals surface area contributed by atoms with Crippen LogP contribution in [-0.2, 0) is 17.8 Å². The highest BCUT2D eigenvalue weighted by Gasteiger charge is 2.21. The quantitative estimate of drug-likeness (QED) is 0.523. The molecule has 0 radical (unpaired) electrons. The third-order valence-corrected chi connectivity index (χ3v) is 5.83. The highest BCUT2D eigenvalue weighted by Crippen LogP contribution is 2.34. The van der Waals surface area contributed by atoms with Crippen molar-refractivity contribution < 1.29 is 23.4 Å². The Kier molecular flexibility index (Phi) is 6.35. The summed E-state index contributed by atoms with van der Waals surface area (Å²) in [4.78, 5) is 27.3. The number of hydrogen-bond donors (Lipinski definition) is 0. The van der Waals surface area contributed by atoms with Gasteiger partial charge < -0.3 is 23.5 Å². The van der Waals surface area contributed by atoms with Crippen LogP contribution in [-0.4, -0.2) is 37.7 Å². The molecule has 2 heterocycles. The van der Waals surface area contributed by atoms with Crippen LogP contribution in [0.1, 0.15) is 30.0 Å². The van der Waals surface area contributed by atoms with Crippen molar-refractivity contribution >= 4 is 16.9 Å². The zero-order chi connectivity index (χ0) is 22.7. The Hall–Kier alpha value is -3.48. The summed E-state index contributed by atoms with van der Waals surface area (Å²) in [6.07, 6.45) is 0.533. The van der Waals surface area contributed by atoms with Crippen LogP contribution in [0.25, 0.3) is 11.0 Å². The number of nitrogens with zero attached hydrogens (tertiary/aromatic N) is 1. The SMILES string of the molecule is CCN(Cc1cccc2c1OCCO2)C(=O)CCc1c(C)c2ccc(OC)cc2oc1=O. The highest BCUT2D eigenvalue weighted by atomic mass is 16.6. The summed E-state index contributed by atoms with van der Waals surface area (Å²) in [7, 11) is 1.57. The van der Waals surface area contributed by atoms with Crippen LogP contribution < -0.4 is 19.8 Å².